The average Bonchev–Trinajstić information content (AvgIpc) is 3.05. The average molecular weight is 429 g/mol. The van der Waals surface area contributed by atoms with Gasteiger partial charge in [0.05, 0.1) is 11.4 Å². The third kappa shape index (κ3) is 6.31. The van der Waals surface area contributed by atoms with Crippen LogP contribution in [0.2, 0.25) is 0 Å². The first-order valence-electron chi connectivity index (χ1n) is 10.5. The molecule has 2 unspecified atom stereocenters. The van der Waals surface area contributed by atoms with Crippen molar-refractivity contribution in [1.82, 2.24) is 15.5 Å². The maximum atomic E-state index is 11.6. The van der Waals surface area contributed by atoms with E-state index in [2.05, 4.69) is 59.7 Å². The van der Waals surface area contributed by atoms with Crippen LogP contribution < -0.4 is 10.6 Å². The molecular weight excluding hydrogens is 396 g/mol. The van der Waals surface area contributed by atoms with Gasteiger partial charge in [0.15, 0.2) is 15.8 Å². The van der Waals surface area contributed by atoms with Crippen LogP contribution in [0.1, 0.15) is 31.4 Å². The number of nitrogens with zero attached hydrogens (tertiary/aromatic N) is 2. The SMILES string of the molecule is CCNC(=NCc1ccc(S(C)(=O)=O)cc1)NC1CC(C)N(Cc2ccccc2)C1. The predicted octanol–water partition coefficient (Wildman–Crippen LogP) is 2.81. The quantitative estimate of drug-likeness (QED) is 0.524. The lowest BCUT2D eigenvalue weighted by Gasteiger charge is -2.21. The van der Waals surface area contributed by atoms with Gasteiger partial charge < -0.3 is 10.6 Å². The Morgan fingerprint density at radius 3 is 2.43 bits per heavy atom. The van der Waals surface area contributed by atoms with Gasteiger partial charge in [-0.2, -0.15) is 0 Å². The van der Waals surface area contributed by atoms with E-state index in [1.54, 1.807) is 12.1 Å². The molecule has 162 valence electrons. The summed E-state index contributed by atoms with van der Waals surface area (Å²) in [6.45, 7) is 7.55. The first-order chi connectivity index (χ1) is 14.3. The van der Waals surface area contributed by atoms with Crippen LogP contribution in [0.4, 0.5) is 0 Å². The molecule has 0 bridgehead atoms. The number of nitrogens with one attached hydrogen (secondary N) is 2. The van der Waals surface area contributed by atoms with Crippen LogP contribution >= 0.6 is 0 Å². The van der Waals surface area contributed by atoms with E-state index in [0.29, 0.717) is 23.5 Å². The molecular formula is C23H32N4O2S. The van der Waals surface area contributed by atoms with Crippen LogP contribution in [0.25, 0.3) is 0 Å². The van der Waals surface area contributed by atoms with Gasteiger partial charge in [0.25, 0.3) is 0 Å². The van der Waals surface area contributed by atoms with Crippen molar-refractivity contribution in [3.8, 4) is 0 Å². The van der Waals surface area contributed by atoms with Crippen LogP contribution in [-0.4, -0.2) is 50.7 Å². The van der Waals surface area contributed by atoms with E-state index in [-0.39, 0.29) is 0 Å². The van der Waals surface area contributed by atoms with Gasteiger partial charge >= 0.3 is 0 Å². The summed E-state index contributed by atoms with van der Waals surface area (Å²) in [5.41, 5.74) is 2.31. The Morgan fingerprint density at radius 1 is 1.10 bits per heavy atom. The molecule has 0 aliphatic carbocycles. The van der Waals surface area contributed by atoms with Crippen molar-refractivity contribution in [3.05, 3.63) is 65.7 Å². The van der Waals surface area contributed by atoms with E-state index in [1.807, 2.05) is 12.1 Å². The van der Waals surface area contributed by atoms with Gasteiger partial charge in [-0.15, -0.1) is 0 Å². The second-order valence-electron chi connectivity index (χ2n) is 7.95. The minimum absolute atomic E-state index is 0.332. The van der Waals surface area contributed by atoms with Crippen LogP contribution in [0.15, 0.2) is 64.5 Å². The molecule has 2 aromatic rings. The molecule has 1 aliphatic rings. The molecule has 3 rings (SSSR count). The lowest BCUT2D eigenvalue weighted by atomic mass is 10.2. The Morgan fingerprint density at radius 2 is 1.80 bits per heavy atom. The first kappa shape index (κ1) is 22.3. The highest BCUT2D eigenvalue weighted by atomic mass is 32.2. The van der Waals surface area contributed by atoms with Crippen LogP contribution in [0.5, 0.6) is 0 Å². The summed E-state index contributed by atoms with van der Waals surface area (Å²) in [7, 11) is -3.17. The molecule has 1 fully saturated rings. The van der Waals surface area contributed by atoms with E-state index in [9.17, 15) is 8.42 Å². The number of hydrogen-bond donors (Lipinski definition) is 2. The highest BCUT2D eigenvalue weighted by Gasteiger charge is 2.29. The molecule has 6 nitrogen and oxygen atoms in total. The van der Waals surface area contributed by atoms with E-state index in [1.165, 1.54) is 11.8 Å². The van der Waals surface area contributed by atoms with Gasteiger partial charge in [-0.05, 0) is 43.5 Å². The van der Waals surface area contributed by atoms with Gasteiger partial charge in [-0.25, -0.2) is 13.4 Å². The molecule has 2 N–H and O–H groups in total. The summed E-state index contributed by atoms with van der Waals surface area (Å²) in [5, 5.41) is 6.89. The minimum atomic E-state index is -3.17. The molecule has 0 aromatic heterocycles. The van der Waals surface area contributed by atoms with Gasteiger partial charge in [-0.3, -0.25) is 4.90 Å². The lowest BCUT2D eigenvalue weighted by molar-refractivity contribution is 0.258. The highest BCUT2D eigenvalue weighted by molar-refractivity contribution is 7.90. The van der Waals surface area contributed by atoms with E-state index in [4.69, 9.17) is 4.99 Å². The van der Waals surface area contributed by atoms with Crippen molar-refractivity contribution in [2.75, 3.05) is 19.3 Å². The molecule has 1 aliphatic heterocycles. The molecule has 1 heterocycles. The Hall–Kier alpha value is -2.38. The highest BCUT2D eigenvalue weighted by Crippen LogP contribution is 2.20. The zero-order valence-electron chi connectivity index (χ0n) is 18.0. The topological polar surface area (TPSA) is 73.8 Å². The summed E-state index contributed by atoms with van der Waals surface area (Å²) in [4.78, 5) is 7.53. The summed E-state index contributed by atoms with van der Waals surface area (Å²) in [6.07, 6.45) is 2.29. The van der Waals surface area contributed by atoms with Crippen LogP contribution in [0.3, 0.4) is 0 Å². The Bertz CT molecular complexity index is 943. The van der Waals surface area contributed by atoms with Crippen LogP contribution in [0, 0.1) is 0 Å². The summed E-state index contributed by atoms with van der Waals surface area (Å²) >= 11 is 0. The Kier molecular flexibility index (Phi) is 7.50. The Labute approximate surface area is 180 Å². The van der Waals surface area contributed by atoms with Gasteiger partial charge in [0, 0.05) is 38.0 Å². The fourth-order valence-electron chi connectivity index (χ4n) is 3.77. The number of rotatable bonds is 7. The molecule has 7 heteroatoms. The first-order valence-corrected chi connectivity index (χ1v) is 12.4. The molecule has 0 spiro atoms. The van der Waals surface area contributed by atoms with Crippen molar-refractivity contribution in [3.63, 3.8) is 0 Å². The summed E-state index contributed by atoms with van der Waals surface area (Å²) in [5.74, 6) is 0.795. The molecule has 0 radical (unpaired) electrons. The molecule has 0 saturated carbocycles. The van der Waals surface area contributed by atoms with Gasteiger partial charge in [-0.1, -0.05) is 42.5 Å². The standard InChI is InChI=1S/C23H32N4O2S/c1-4-24-23(25-15-19-10-12-22(13-11-19)30(3,28)29)26-21-14-18(2)27(17-21)16-20-8-6-5-7-9-20/h5-13,18,21H,4,14-17H2,1-3H3,(H2,24,25,26). The number of sulfone groups is 1. The largest absolute Gasteiger partial charge is 0.357 e. The minimum Gasteiger partial charge on any atom is -0.357 e. The second kappa shape index (κ2) is 10.1. The molecule has 2 atom stereocenters. The smallest absolute Gasteiger partial charge is 0.191 e. The van der Waals surface area contributed by atoms with Crippen molar-refractivity contribution in [2.24, 2.45) is 4.99 Å². The Balaban J connectivity index is 1.59. The molecule has 30 heavy (non-hydrogen) atoms. The number of benzene rings is 2. The third-order valence-corrected chi connectivity index (χ3v) is 6.52. The fourth-order valence-corrected chi connectivity index (χ4v) is 4.40. The summed E-state index contributed by atoms with van der Waals surface area (Å²) < 4.78 is 23.2. The molecule has 2 aromatic carbocycles. The summed E-state index contributed by atoms with van der Waals surface area (Å²) in [6, 6.07) is 18.3. The fraction of sp³-hybridized carbons (Fsp3) is 0.435. The molecule has 0 amide bonds. The van der Waals surface area contributed by atoms with Gasteiger partial charge in [0.2, 0.25) is 0 Å². The predicted molar refractivity (Wildman–Crippen MR) is 122 cm³/mol. The van der Waals surface area contributed by atoms with Crippen molar-refractivity contribution >= 4 is 15.8 Å². The maximum absolute atomic E-state index is 11.6. The van der Waals surface area contributed by atoms with E-state index >= 15 is 0 Å². The zero-order chi connectivity index (χ0) is 21.6. The van der Waals surface area contributed by atoms with E-state index in [0.717, 1.165) is 37.6 Å². The van der Waals surface area contributed by atoms with E-state index < -0.39 is 9.84 Å². The lowest BCUT2D eigenvalue weighted by Crippen LogP contribution is -2.44. The van der Waals surface area contributed by atoms with Crippen molar-refractivity contribution in [2.45, 2.75) is 50.3 Å². The number of hydrogen-bond acceptors (Lipinski definition) is 4. The number of guanidine groups is 1. The van der Waals surface area contributed by atoms with Crippen molar-refractivity contribution < 1.29 is 8.42 Å². The number of aliphatic imine (C=N–C) groups is 1. The molecule has 1 saturated heterocycles. The maximum Gasteiger partial charge on any atom is 0.191 e. The van der Waals surface area contributed by atoms with Gasteiger partial charge in [0.1, 0.15) is 0 Å². The van der Waals surface area contributed by atoms with Crippen molar-refractivity contribution in [1.29, 1.82) is 0 Å². The second-order valence-corrected chi connectivity index (χ2v) is 9.97. The normalized spacial score (nSPS) is 20.3. The number of likely N-dealkylation sites (tertiary alicyclic amines) is 1. The van der Waals surface area contributed by atoms with Crippen LogP contribution in [-0.2, 0) is 22.9 Å². The monoisotopic (exact) mass is 428 g/mol. The third-order valence-electron chi connectivity index (χ3n) is 5.39. The zero-order valence-corrected chi connectivity index (χ0v) is 18.8.